The van der Waals surface area contributed by atoms with E-state index in [0.717, 1.165) is 52.8 Å². The summed E-state index contributed by atoms with van der Waals surface area (Å²) in [7, 11) is -1.89. The Labute approximate surface area is 286 Å². The van der Waals surface area contributed by atoms with Crippen LogP contribution in [0.1, 0.15) is 75.8 Å². The van der Waals surface area contributed by atoms with Crippen LogP contribution in [0.4, 0.5) is 0 Å². The van der Waals surface area contributed by atoms with Crippen molar-refractivity contribution >= 4 is 60.0 Å². The van der Waals surface area contributed by atoms with Crippen molar-refractivity contribution in [1.82, 2.24) is 4.57 Å². The quantitative estimate of drug-likeness (QED) is 0.0543. The Morgan fingerprint density at radius 2 is 1.62 bits per heavy atom. The van der Waals surface area contributed by atoms with Crippen molar-refractivity contribution in [2.75, 3.05) is 13.7 Å². The second kappa shape index (κ2) is 17.1. The van der Waals surface area contributed by atoms with Gasteiger partial charge in [0.25, 0.3) is 5.56 Å². The van der Waals surface area contributed by atoms with Crippen LogP contribution in [0.2, 0.25) is 0 Å². The molecule has 48 heavy (non-hydrogen) atoms. The van der Waals surface area contributed by atoms with Gasteiger partial charge in [-0.2, -0.15) is 0 Å². The van der Waals surface area contributed by atoms with Gasteiger partial charge in [-0.25, -0.2) is 9.47 Å². The van der Waals surface area contributed by atoms with Crippen LogP contribution in [0.5, 0.6) is 0 Å². The fraction of sp³-hybridized carbons (Fsp3) is 0.432. The van der Waals surface area contributed by atoms with Crippen LogP contribution in [-0.2, 0) is 55.7 Å². The van der Waals surface area contributed by atoms with E-state index in [2.05, 4.69) is 10.9 Å². The highest BCUT2D eigenvalue weighted by molar-refractivity contribution is 8.29. The third-order valence-corrected chi connectivity index (χ3v) is 10.5. The fourth-order valence-electron chi connectivity index (χ4n) is 6.43. The minimum absolute atomic E-state index is 0.0181. The van der Waals surface area contributed by atoms with Gasteiger partial charge in [-0.05, 0) is 67.0 Å². The number of benzene rings is 3. The molecular weight excluding hydrogens is 651 g/mol. The summed E-state index contributed by atoms with van der Waals surface area (Å²) in [5, 5.41) is 13.2. The highest BCUT2D eigenvalue weighted by atomic mass is 32.8. The van der Waals surface area contributed by atoms with E-state index in [4.69, 9.17) is 25.9 Å². The average molecular weight is 696 g/mol. The van der Waals surface area contributed by atoms with Gasteiger partial charge in [0.2, 0.25) is 0 Å². The molecule has 0 bridgehead atoms. The summed E-state index contributed by atoms with van der Waals surface area (Å²) in [4.78, 5) is 38.8. The molecule has 0 radical (unpaired) electrons. The van der Waals surface area contributed by atoms with Crippen LogP contribution in [0.3, 0.4) is 0 Å². The topological polar surface area (TPSA) is 121 Å². The Balaban J connectivity index is 1.24. The number of pyridine rings is 1. The van der Waals surface area contributed by atoms with Crippen LogP contribution < -0.4 is 10.9 Å². The molecule has 0 spiro atoms. The zero-order valence-corrected chi connectivity index (χ0v) is 29.5. The lowest BCUT2D eigenvalue weighted by Crippen LogP contribution is -2.33. The lowest BCUT2D eigenvalue weighted by atomic mass is 9.83. The lowest BCUT2D eigenvalue weighted by molar-refractivity contribution is -0.151. The number of rotatable bonds is 18. The van der Waals surface area contributed by atoms with Crippen molar-refractivity contribution in [2.24, 2.45) is 11.8 Å². The van der Waals surface area contributed by atoms with E-state index in [1.54, 1.807) is 23.6 Å². The summed E-state index contributed by atoms with van der Waals surface area (Å²) in [5.41, 5.74) is 1.63. The second-order valence-corrected chi connectivity index (χ2v) is 15.5. The molecule has 1 N–H and O–H groups in total. The molecule has 3 aromatic carbocycles. The second-order valence-electron chi connectivity index (χ2n) is 12.4. The molecule has 4 atom stereocenters. The van der Waals surface area contributed by atoms with Gasteiger partial charge in [-0.1, -0.05) is 81.4 Å². The minimum Gasteiger partial charge on any atom is -0.469 e. The van der Waals surface area contributed by atoms with Crippen LogP contribution in [-0.4, -0.2) is 39.7 Å². The van der Waals surface area contributed by atoms with Crippen molar-refractivity contribution < 1.29 is 32.9 Å². The molecule has 0 aliphatic carbocycles. The van der Waals surface area contributed by atoms with Gasteiger partial charge in [0.1, 0.15) is 0 Å². The summed E-state index contributed by atoms with van der Waals surface area (Å²) >= 11 is 4.74. The molecule has 1 heterocycles. The Hall–Kier alpha value is -3.64. The van der Waals surface area contributed by atoms with Crippen LogP contribution in [0, 0.1) is 11.8 Å². The number of esters is 2. The van der Waals surface area contributed by atoms with Crippen molar-refractivity contribution in [1.29, 1.82) is 0 Å². The summed E-state index contributed by atoms with van der Waals surface area (Å²) in [6, 6.07) is 19.1. The molecule has 4 aromatic rings. The number of unbranched alkanes of at least 4 members (excludes halogenated alkanes) is 3. The van der Waals surface area contributed by atoms with Crippen molar-refractivity contribution in [3.63, 3.8) is 0 Å². The van der Waals surface area contributed by atoms with Crippen LogP contribution in [0.15, 0.2) is 65.5 Å². The Morgan fingerprint density at radius 3 is 2.27 bits per heavy atom. The van der Waals surface area contributed by atoms with E-state index in [1.807, 2.05) is 55.5 Å². The molecule has 0 aliphatic heterocycles. The standard InChI is InChI=1S/C37H45NO8S2/c1-5-28(29-18-16-27(17-19-29)24-48(43,47)46-42)23-31(37(41)44-4)22-25(2)36(40)45-21-9-7-6-8-20-38-26(3)32-14-10-12-30-13-11-15-33(34(30)32)35(38)39/h10-19,25,28,31,42H,3,5-9,20-24H2,1-2,4H3. The maximum absolute atomic E-state index is 13.2. The van der Waals surface area contributed by atoms with Gasteiger partial charge in [0.15, 0.2) is 8.77 Å². The molecule has 0 amide bonds. The maximum Gasteiger partial charge on any atom is 0.308 e. The third kappa shape index (κ3) is 9.28. The zero-order chi connectivity index (χ0) is 34.8. The molecule has 4 unspecified atom stereocenters. The number of carbonyl (C=O) groups excluding carboxylic acids is 2. The van der Waals surface area contributed by atoms with Gasteiger partial charge in [-0.15, -0.1) is 4.33 Å². The number of nitrogens with zero attached hydrogens (tertiary/aromatic N) is 1. The first-order valence-corrected chi connectivity index (χ1v) is 19.0. The zero-order valence-electron chi connectivity index (χ0n) is 27.9. The van der Waals surface area contributed by atoms with Crippen molar-refractivity contribution in [3.05, 3.63) is 87.5 Å². The molecule has 0 saturated carbocycles. The number of hydrogen-bond donors (Lipinski definition) is 1. The highest BCUT2D eigenvalue weighted by Gasteiger charge is 2.29. The molecule has 258 valence electrons. The fourth-order valence-corrected chi connectivity index (χ4v) is 7.49. The largest absolute Gasteiger partial charge is 0.469 e. The summed E-state index contributed by atoms with van der Waals surface area (Å²) in [5.74, 6) is -1.77. The van der Waals surface area contributed by atoms with E-state index in [9.17, 15) is 18.6 Å². The number of methoxy groups -OCH3 is 1. The van der Waals surface area contributed by atoms with Gasteiger partial charge in [0, 0.05) is 39.2 Å². The van der Waals surface area contributed by atoms with Gasteiger partial charge in [-0.3, -0.25) is 14.4 Å². The molecular formula is C37H45NO8S2. The monoisotopic (exact) mass is 695 g/mol. The van der Waals surface area contributed by atoms with Gasteiger partial charge in [0.05, 0.1) is 31.3 Å². The van der Waals surface area contributed by atoms with Gasteiger partial charge >= 0.3 is 11.9 Å². The van der Waals surface area contributed by atoms with Crippen molar-refractivity contribution in [2.45, 2.75) is 77.0 Å². The Morgan fingerprint density at radius 1 is 0.958 bits per heavy atom. The lowest BCUT2D eigenvalue weighted by Gasteiger charge is -2.23. The first kappa shape index (κ1) is 37.2. The molecule has 9 nitrogen and oxygen atoms in total. The normalized spacial score (nSPS) is 14.8. The summed E-state index contributed by atoms with van der Waals surface area (Å²) in [6.45, 7) is 8.88. The molecule has 1 aromatic heterocycles. The predicted molar refractivity (Wildman–Crippen MR) is 192 cm³/mol. The van der Waals surface area contributed by atoms with Crippen molar-refractivity contribution in [3.8, 4) is 0 Å². The minimum atomic E-state index is -3.23. The van der Waals surface area contributed by atoms with E-state index in [-0.39, 0.29) is 29.2 Å². The first-order valence-electron chi connectivity index (χ1n) is 16.4. The smallest absolute Gasteiger partial charge is 0.308 e. The van der Waals surface area contributed by atoms with Crippen LogP contribution in [0.25, 0.3) is 28.1 Å². The Kier molecular flexibility index (Phi) is 13.3. The summed E-state index contributed by atoms with van der Waals surface area (Å²) < 4.78 is 28.2. The highest BCUT2D eigenvalue weighted by Crippen LogP contribution is 2.31. The SMILES string of the molecule is C=c1c2cccc3cccc(c(=O)n1CCCCCCOC(=O)C(C)CC(CC(CC)c1ccc(CS(=O)(=S)OO)cc1)C(=O)OC)c32. The molecule has 0 aliphatic rings. The molecule has 11 heteroatoms. The number of hydrogen-bond acceptors (Lipinski definition) is 9. The average Bonchev–Trinajstić information content (AvgIpc) is 3.09. The summed E-state index contributed by atoms with van der Waals surface area (Å²) in [6.07, 6.45) is 4.78. The van der Waals surface area contributed by atoms with Gasteiger partial charge < -0.3 is 14.0 Å². The predicted octanol–water partition coefficient (Wildman–Crippen LogP) is 6.44. The number of ether oxygens (including phenoxy) is 2. The number of aromatic nitrogens is 1. The molecule has 0 saturated heterocycles. The van der Waals surface area contributed by atoms with Crippen LogP contribution >= 0.6 is 0 Å². The van der Waals surface area contributed by atoms with E-state index < -0.39 is 20.6 Å². The van der Waals surface area contributed by atoms with E-state index in [0.29, 0.717) is 43.4 Å². The Bertz CT molecular complexity index is 1860. The first-order chi connectivity index (χ1) is 23.0. The molecule has 4 rings (SSSR count). The van der Waals surface area contributed by atoms with E-state index >= 15 is 0 Å². The van der Waals surface area contributed by atoms with E-state index in [1.165, 1.54) is 7.11 Å². The maximum atomic E-state index is 13.2. The number of carbonyl (C=O) groups is 2. The molecule has 0 fully saturated rings. The third-order valence-electron chi connectivity index (χ3n) is 9.08.